The van der Waals surface area contributed by atoms with E-state index >= 15 is 0 Å². The largest absolute Gasteiger partial charge is 0.477 e. The van der Waals surface area contributed by atoms with Crippen LogP contribution >= 0.6 is 0 Å². The van der Waals surface area contributed by atoms with Crippen molar-refractivity contribution in [2.24, 2.45) is 0 Å². The number of aromatic carboxylic acids is 1. The van der Waals surface area contributed by atoms with Gasteiger partial charge < -0.3 is 10.4 Å². The van der Waals surface area contributed by atoms with Crippen LogP contribution in [-0.4, -0.2) is 22.0 Å². The van der Waals surface area contributed by atoms with Gasteiger partial charge in [0.15, 0.2) is 5.69 Å². The van der Waals surface area contributed by atoms with Gasteiger partial charge >= 0.3 is 5.97 Å². The zero-order valence-electron chi connectivity index (χ0n) is 9.44. The summed E-state index contributed by atoms with van der Waals surface area (Å²) in [6.07, 6.45) is 0. The summed E-state index contributed by atoms with van der Waals surface area (Å²) in [5.74, 6) is -2.58. The number of nitrogens with zero attached hydrogens (tertiary/aromatic N) is 1. The van der Waals surface area contributed by atoms with E-state index in [2.05, 4.69) is 4.98 Å². The molecule has 0 unspecified atom stereocenters. The number of carboxylic acid groups (broad SMARTS) is 1. The second-order valence-corrected chi connectivity index (χ2v) is 2.17. The number of anilines is 1. The molecular formula is C8H8N2O3. The first-order valence-corrected chi connectivity index (χ1v) is 3.32. The van der Waals surface area contributed by atoms with Crippen LogP contribution in [0.3, 0.4) is 0 Å². The van der Waals surface area contributed by atoms with E-state index in [1.807, 2.05) is 5.32 Å². The van der Waals surface area contributed by atoms with E-state index in [-0.39, 0.29) is 11.5 Å². The van der Waals surface area contributed by atoms with Gasteiger partial charge in [0.1, 0.15) is 5.82 Å². The molecule has 1 aromatic rings. The highest BCUT2D eigenvalue weighted by Gasteiger charge is 2.04. The van der Waals surface area contributed by atoms with Crippen molar-refractivity contribution in [2.45, 2.75) is 6.85 Å². The van der Waals surface area contributed by atoms with Crippen molar-refractivity contribution in [3.8, 4) is 0 Å². The van der Waals surface area contributed by atoms with E-state index in [9.17, 15) is 9.59 Å². The van der Waals surface area contributed by atoms with E-state index < -0.39 is 18.7 Å². The van der Waals surface area contributed by atoms with Gasteiger partial charge in [0.25, 0.3) is 0 Å². The molecule has 0 saturated carbocycles. The van der Waals surface area contributed by atoms with Gasteiger partial charge in [0, 0.05) is 11.0 Å². The Bertz CT molecular complexity index is 431. The molecule has 5 heteroatoms. The second kappa shape index (κ2) is 3.66. The first kappa shape index (κ1) is 5.69. The number of carbonyl (C=O) groups excluding carboxylic acids is 1. The third-order valence-corrected chi connectivity index (χ3v) is 1.21. The van der Waals surface area contributed by atoms with Crippen LogP contribution in [0.5, 0.6) is 0 Å². The molecule has 2 N–H and O–H groups in total. The number of aromatic nitrogens is 1. The zero-order valence-corrected chi connectivity index (χ0v) is 6.44. The number of carbonyl (C=O) groups is 2. The van der Waals surface area contributed by atoms with E-state index in [0.717, 1.165) is 0 Å². The van der Waals surface area contributed by atoms with Crippen LogP contribution in [0, 0.1) is 0 Å². The quantitative estimate of drug-likeness (QED) is 0.708. The smallest absolute Gasteiger partial charge is 0.354 e. The van der Waals surface area contributed by atoms with Gasteiger partial charge in [-0.15, -0.1) is 0 Å². The lowest BCUT2D eigenvalue weighted by Crippen LogP contribution is -2.09. The highest BCUT2D eigenvalue weighted by Crippen LogP contribution is 2.04. The first-order valence-electron chi connectivity index (χ1n) is 4.82. The fraction of sp³-hybridized carbons (Fsp3) is 0.125. The van der Waals surface area contributed by atoms with Crippen LogP contribution in [0.15, 0.2) is 18.2 Å². The van der Waals surface area contributed by atoms with E-state index in [1.165, 1.54) is 18.2 Å². The Morgan fingerprint density at radius 3 is 3.00 bits per heavy atom. The zero-order chi connectivity index (χ0) is 12.3. The molecule has 0 spiro atoms. The molecule has 0 bridgehead atoms. The Kier molecular flexibility index (Phi) is 1.60. The predicted octanol–water partition coefficient (Wildman–Crippen LogP) is 0.738. The summed E-state index contributed by atoms with van der Waals surface area (Å²) in [5, 5.41) is 10.6. The van der Waals surface area contributed by atoms with Gasteiger partial charge in [0.2, 0.25) is 5.91 Å². The fourth-order valence-electron chi connectivity index (χ4n) is 0.740. The van der Waals surface area contributed by atoms with Gasteiger partial charge in [0.05, 0.1) is 0 Å². The second-order valence-electron chi connectivity index (χ2n) is 2.17. The molecule has 13 heavy (non-hydrogen) atoms. The van der Waals surface area contributed by atoms with Crippen LogP contribution in [0.2, 0.25) is 0 Å². The summed E-state index contributed by atoms with van der Waals surface area (Å²) in [6.45, 7) is -2.79. The molecular weight excluding hydrogens is 172 g/mol. The number of pyridine rings is 1. The number of hydrogen-bond donors (Lipinski definition) is 2. The Balaban J connectivity index is 2.87. The van der Waals surface area contributed by atoms with E-state index in [4.69, 9.17) is 9.22 Å². The predicted molar refractivity (Wildman–Crippen MR) is 45.5 cm³/mol. The van der Waals surface area contributed by atoms with Gasteiger partial charge in [-0.1, -0.05) is 6.07 Å². The molecule has 0 atom stereocenters. The van der Waals surface area contributed by atoms with Crippen molar-refractivity contribution in [1.29, 1.82) is 0 Å². The minimum Gasteiger partial charge on any atom is -0.477 e. The van der Waals surface area contributed by atoms with Crippen molar-refractivity contribution in [2.75, 3.05) is 5.32 Å². The molecule has 68 valence electrons. The van der Waals surface area contributed by atoms with Gasteiger partial charge in [-0.3, -0.25) is 4.79 Å². The Hall–Kier alpha value is -1.91. The molecule has 0 fully saturated rings. The van der Waals surface area contributed by atoms with Gasteiger partial charge in [-0.05, 0) is 12.1 Å². The lowest BCUT2D eigenvalue weighted by Gasteiger charge is -2.00. The molecule has 1 amide bonds. The summed E-state index contributed by atoms with van der Waals surface area (Å²) in [7, 11) is 0. The van der Waals surface area contributed by atoms with Gasteiger partial charge in [-0.25, -0.2) is 9.78 Å². The molecule has 1 aromatic heterocycles. The average molecular weight is 183 g/mol. The number of hydrogen-bond acceptors (Lipinski definition) is 3. The summed E-state index contributed by atoms with van der Waals surface area (Å²) in [6, 6.07) is 3.88. The molecule has 0 saturated heterocycles. The minimum absolute atomic E-state index is 0.110. The topological polar surface area (TPSA) is 79.3 Å². The number of rotatable bonds is 2. The van der Waals surface area contributed by atoms with Crippen LogP contribution < -0.4 is 5.32 Å². The van der Waals surface area contributed by atoms with Crippen molar-refractivity contribution in [1.82, 2.24) is 4.98 Å². The van der Waals surface area contributed by atoms with Crippen LogP contribution in [0.4, 0.5) is 5.82 Å². The average Bonchev–Trinajstić information content (AvgIpc) is 2.16. The third-order valence-electron chi connectivity index (χ3n) is 1.21. The van der Waals surface area contributed by atoms with Crippen molar-refractivity contribution < 1.29 is 18.8 Å². The van der Waals surface area contributed by atoms with Crippen molar-refractivity contribution in [3.05, 3.63) is 23.9 Å². The van der Waals surface area contributed by atoms with Crippen LogP contribution in [0.1, 0.15) is 21.5 Å². The maximum absolute atomic E-state index is 11.1. The lowest BCUT2D eigenvalue weighted by atomic mass is 10.3. The maximum Gasteiger partial charge on any atom is 0.354 e. The molecule has 1 rings (SSSR count). The van der Waals surface area contributed by atoms with Gasteiger partial charge in [-0.2, -0.15) is 0 Å². The molecule has 0 aliphatic rings. The fourth-order valence-corrected chi connectivity index (χ4v) is 0.740. The Labute approximate surface area is 78.6 Å². The number of nitrogens with one attached hydrogen (secondary N) is 1. The third kappa shape index (κ3) is 2.55. The van der Waals surface area contributed by atoms with E-state index in [1.54, 1.807) is 0 Å². The molecule has 0 aliphatic heterocycles. The van der Waals surface area contributed by atoms with Crippen LogP contribution in [0.25, 0.3) is 0 Å². The Morgan fingerprint density at radius 2 is 2.38 bits per heavy atom. The lowest BCUT2D eigenvalue weighted by molar-refractivity contribution is -0.114. The molecule has 5 nitrogen and oxygen atoms in total. The molecule has 0 radical (unpaired) electrons. The normalized spacial score (nSPS) is 13.7. The van der Waals surface area contributed by atoms with Crippen molar-refractivity contribution >= 4 is 17.7 Å². The minimum atomic E-state index is -2.79. The molecule has 1 heterocycles. The number of amides is 1. The summed E-state index contributed by atoms with van der Waals surface area (Å²) < 4.78 is 20.4. The highest BCUT2D eigenvalue weighted by atomic mass is 16.4. The van der Waals surface area contributed by atoms with E-state index in [0.29, 0.717) is 0 Å². The standard InChI is InChI=1S/C8H8N2O3/c1-5(11)9-7-4-2-3-6(10-7)8(12)13/h2-4H,1H3,(H,12,13)(H,9,10,11)/i1D3. The molecule has 0 aliphatic carbocycles. The monoisotopic (exact) mass is 183 g/mol. The maximum atomic E-state index is 11.1. The molecule has 0 aromatic carbocycles. The summed E-state index contributed by atoms with van der Waals surface area (Å²) in [4.78, 5) is 25.1. The Morgan fingerprint density at radius 1 is 1.62 bits per heavy atom. The number of carboxylic acids is 1. The SMILES string of the molecule is [2H]C([2H])([2H])C(=O)Nc1cccc(C(=O)O)n1. The van der Waals surface area contributed by atoms with Crippen molar-refractivity contribution in [3.63, 3.8) is 0 Å². The summed E-state index contributed by atoms with van der Waals surface area (Å²) in [5.41, 5.74) is -0.275. The highest BCUT2D eigenvalue weighted by molar-refractivity contribution is 5.89. The summed E-state index contributed by atoms with van der Waals surface area (Å²) >= 11 is 0. The van der Waals surface area contributed by atoms with Crippen LogP contribution in [-0.2, 0) is 4.79 Å². The first-order chi connectivity index (χ1) is 7.30.